The summed E-state index contributed by atoms with van der Waals surface area (Å²) in [5, 5.41) is 16.1. The molecule has 31 heavy (non-hydrogen) atoms. The number of nitro groups is 1. The molecule has 1 aliphatic rings. The lowest BCUT2D eigenvalue weighted by atomic mass is 9.97. The molecule has 160 valence electrons. The molecular formula is C21H20N4O4S2. The number of hydrogen-bond acceptors (Lipinski definition) is 7. The van der Waals surface area contributed by atoms with Crippen molar-refractivity contribution < 1.29 is 9.72 Å². The molecule has 0 saturated heterocycles. The van der Waals surface area contributed by atoms with Gasteiger partial charge >= 0.3 is 5.69 Å². The molecule has 0 unspecified atom stereocenters. The summed E-state index contributed by atoms with van der Waals surface area (Å²) in [6, 6.07) is 9.65. The Balaban J connectivity index is 1.48. The van der Waals surface area contributed by atoms with Crippen molar-refractivity contribution in [3.63, 3.8) is 0 Å². The van der Waals surface area contributed by atoms with Crippen LogP contribution in [0.25, 0.3) is 0 Å². The first-order valence-electron chi connectivity index (χ1n) is 9.83. The lowest BCUT2D eigenvalue weighted by Crippen LogP contribution is -2.30. The van der Waals surface area contributed by atoms with E-state index in [1.54, 1.807) is 15.9 Å². The van der Waals surface area contributed by atoms with Gasteiger partial charge in [-0.25, -0.2) is 4.79 Å². The number of carbonyl (C=O) groups is 1. The topological polar surface area (TPSA) is 107 Å². The van der Waals surface area contributed by atoms with E-state index in [-0.39, 0.29) is 23.0 Å². The Bertz CT molecular complexity index is 1160. The number of carbonyl (C=O) groups excluding carboxylic acids is 1. The average molecular weight is 457 g/mol. The smallest absolute Gasteiger partial charge is 0.325 e. The maximum absolute atomic E-state index is 12.7. The van der Waals surface area contributed by atoms with E-state index in [4.69, 9.17) is 0 Å². The van der Waals surface area contributed by atoms with Crippen LogP contribution in [0.5, 0.6) is 0 Å². The standard InChI is InChI=1S/C21H20N4O4S2/c26-19(22-14-7-9-15(10-8-14)25(28)29)13-31-20-17-5-1-2-6-18(17)24(21(27)23-20)12-16-4-3-11-30-16/h3-4,7-11H,1-2,5-6,12-13H2,(H,22,26). The van der Waals surface area contributed by atoms with Gasteiger partial charge in [-0.1, -0.05) is 17.8 Å². The first-order chi connectivity index (χ1) is 15.0. The minimum atomic E-state index is -0.489. The molecule has 0 bridgehead atoms. The Labute approximate surface area is 186 Å². The number of hydrogen-bond donors (Lipinski definition) is 1. The third kappa shape index (κ3) is 5.02. The minimum Gasteiger partial charge on any atom is -0.325 e. The van der Waals surface area contributed by atoms with Crippen LogP contribution in [-0.4, -0.2) is 26.1 Å². The number of thiophene rings is 1. The van der Waals surface area contributed by atoms with E-state index < -0.39 is 4.92 Å². The second-order valence-electron chi connectivity index (χ2n) is 7.14. The fraction of sp³-hybridized carbons (Fsp3) is 0.286. The van der Waals surface area contributed by atoms with Crippen molar-refractivity contribution in [2.24, 2.45) is 0 Å². The van der Waals surface area contributed by atoms with Crippen LogP contribution >= 0.6 is 23.1 Å². The number of benzene rings is 1. The van der Waals surface area contributed by atoms with Crippen molar-refractivity contribution in [3.05, 3.63) is 78.5 Å². The Morgan fingerprint density at radius 2 is 2.00 bits per heavy atom. The predicted octanol–water partition coefficient (Wildman–Crippen LogP) is 3.87. The number of nitrogens with zero attached hydrogens (tertiary/aromatic N) is 3. The highest BCUT2D eigenvalue weighted by Gasteiger charge is 2.21. The van der Waals surface area contributed by atoms with Crippen LogP contribution in [0.4, 0.5) is 11.4 Å². The Hall–Kier alpha value is -2.98. The van der Waals surface area contributed by atoms with E-state index in [0.717, 1.165) is 41.8 Å². The Kier molecular flexibility index (Phi) is 6.47. The molecule has 1 aromatic carbocycles. The molecule has 1 amide bonds. The van der Waals surface area contributed by atoms with Crippen LogP contribution in [0, 0.1) is 10.1 Å². The fourth-order valence-corrected chi connectivity index (χ4v) is 5.16. The quantitative estimate of drug-likeness (QED) is 0.250. The second-order valence-corrected chi connectivity index (χ2v) is 9.13. The summed E-state index contributed by atoms with van der Waals surface area (Å²) in [7, 11) is 0. The van der Waals surface area contributed by atoms with E-state index in [2.05, 4.69) is 10.3 Å². The minimum absolute atomic E-state index is 0.0358. The number of rotatable bonds is 7. The SMILES string of the molecule is O=C(CSc1nc(=O)n(Cc2cccs2)c2c1CCCC2)Nc1ccc([N+](=O)[O-])cc1. The van der Waals surface area contributed by atoms with Gasteiger partial charge in [0.25, 0.3) is 5.69 Å². The number of non-ortho nitro benzene ring substituents is 1. The maximum Gasteiger partial charge on any atom is 0.349 e. The van der Waals surface area contributed by atoms with Gasteiger partial charge < -0.3 is 5.32 Å². The van der Waals surface area contributed by atoms with Gasteiger partial charge in [-0.05, 0) is 49.3 Å². The zero-order valence-electron chi connectivity index (χ0n) is 16.6. The van der Waals surface area contributed by atoms with E-state index in [9.17, 15) is 19.7 Å². The van der Waals surface area contributed by atoms with Gasteiger partial charge in [-0.15, -0.1) is 11.3 Å². The number of anilines is 1. The largest absolute Gasteiger partial charge is 0.349 e. The van der Waals surface area contributed by atoms with Gasteiger partial charge in [0.2, 0.25) is 5.91 Å². The molecule has 1 aliphatic carbocycles. The van der Waals surface area contributed by atoms with Gasteiger partial charge in [0.1, 0.15) is 5.03 Å². The summed E-state index contributed by atoms with van der Waals surface area (Å²) >= 11 is 2.87. The monoisotopic (exact) mass is 456 g/mol. The van der Waals surface area contributed by atoms with Gasteiger partial charge in [-0.3, -0.25) is 19.5 Å². The number of aromatic nitrogens is 2. The molecule has 0 spiro atoms. The zero-order valence-corrected chi connectivity index (χ0v) is 18.2. The lowest BCUT2D eigenvalue weighted by Gasteiger charge is -2.22. The summed E-state index contributed by atoms with van der Waals surface area (Å²) in [5.41, 5.74) is 2.25. The third-order valence-corrected chi connectivity index (χ3v) is 6.93. The zero-order chi connectivity index (χ0) is 21.8. The average Bonchev–Trinajstić information content (AvgIpc) is 3.28. The third-order valence-electron chi connectivity index (χ3n) is 5.05. The highest BCUT2D eigenvalue weighted by atomic mass is 32.2. The summed E-state index contributed by atoms with van der Waals surface area (Å²) in [4.78, 5) is 40.8. The van der Waals surface area contributed by atoms with Crippen molar-refractivity contribution in [3.8, 4) is 0 Å². The molecular weight excluding hydrogens is 436 g/mol. The molecule has 1 N–H and O–H groups in total. The fourth-order valence-electron chi connectivity index (χ4n) is 3.59. The molecule has 0 atom stereocenters. The normalized spacial score (nSPS) is 12.9. The van der Waals surface area contributed by atoms with Gasteiger partial charge in [0.15, 0.2) is 0 Å². The Morgan fingerprint density at radius 3 is 2.71 bits per heavy atom. The number of thioether (sulfide) groups is 1. The summed E-state index contributed by atoms with van der Waals surface area (Å²) in [5.74, 6) is -0.155. The van der Waals surface area contributed by atoms with Crippen molar-refractivity contribution >= 4 is 40.4 Å². The van der Waals surface area contributed by atoms with Gasteiger partial charge in [0, 0.05) is 34.0 Å². The summed E-state index contributed by atoms with van der Waals surface area (Å²) in [6.45, 7) is 0.525. The lowest BCUT2D eigenvalue weighted by molar-refractivity contribution is -0.384. The highest BCUT2D eigenvalue weighted by Crippen LogP contribution is 2.29. The van der Waals surface area contributed by atoms with Gasteiger partial charge in [0.05, 0.1) is 17.2 Å². The highest BCUT2D eigenvalue weighted by molar-refractivity contribution is 8.00. The van der Waals surface area contributed by atoms with Gasteiger partial charge in [-0.2, -0.15) is 4.98 Å². The number of nitro benzene ring substituents is 1. The van der Waals surface area contributed by atoms with Crippen molar-refractivity contribution in [1.82, 2.24) is 9.55 Å². The Morgan fingerprint density at radius 1 is 1.23 bits per heavy atom. The molecule has 4 rings (SSSR count). The van der Waals surface area contributed by atoms with Crippen LogP contribution < -0.4 is 11.0 Å². The molecule has 8 nitrogen and oxygen atoms in total. The van der Waals surface area contributed by atoms with Crippen molar-refractivity contribution in [2.75, 3.05) is 11.1 Å². The molecule has 0 radical (unpaired) electrons. The molecule has 2 aromatic heterocycles. The van der Waals surface area contributed by atoms with E-state index in [0.29, 0.717) is 17.3 Å². The van der Waals surface area contributed by atoms with Crippen LogP contribution in [0.15, 0.2) is 51.6 Å². The number of nitrogens with one attached hydrogen (secondary N) is 1. The van der Waals surface area contributed by atoms with E-state index >= 15 is 0 Å². The molecule has 0 saturated carbocycles. The second kappa shape index (κ2) is 9.44. The summed E-state index contributed by atoms with van der Waals surface area (Å²) in [6.07, 6.45) is 3.75. The molecule has 0 aliphatic heterocycles. The first kappa shape index (κ1) is 21.3. The number of amides is 1. The van der Waals surface area contributed by atoms with Crippen LogP contribution in [0.1, 0.15) is 29.0 Å². The van der Waals surface area contributed by atoms with Crippen molar-refractivity contribution in [1.29, 1.82) is 0 Å². The van der Waals surface area contributed by atoms with E-state index in [1.807, 2.05) is 17.5 Å². The van der Waals surface area contributed by atoms with E-state index in [1.165, 1.54) is 36.0 Å². The summed E-state index contributed by atoms with van der Waals surface area (Å²) < 4.78 is 1.77. The van der Waals surface area contributed by atoms with Crippen LogP contribution in [-0.2, 0) is 24.2 Å². The molecule has 10 heteroatoms. The molecule has 3 aromatic rings. The predicted molar refractivity (Wildman–Crippen MR) is 121 cm³/mol. The van der Waals surface area contributed by atoms with Crippen LogP contribution in [0.2, 0.25) is 0 Å². The maximum atomic E-state index is 12.7. The van der Waals surface area contributed by atoms with Crippen molar-refractivity contribution in [2.45, 2.75) is 37.3 Å². The molecule has 0 fully saturated rings. The molecule has 2 heterocycles. The number of fused-ring (bicyclic) bond motifs is 1. The van der Waals surface area contributed by atoms with Crippen LogP contribution in [0.3, 0.4) is 0 Å². The first-order valence-corrected chi connectivity index (χ1v) is 11.7.